The van der Waals surface area contributed by atoms with Crippen LogP contribution >= 0.6 is 0 Å². The highest BCUT2D eigenvalue weighted by atomic mass is 19.2. The molecule has 0 N–H and O–H groups in total. The lowest BCUT2D eigenvalue weighted by atomic mass is 9.77. The van der Waals surface area contributed by atoms with Crippen LogP contribution in [0.25, 0.3) is 0 Å². The summed E-state index contributed by atoms with van der Waals surface area (Å²) in [5.74, 6) is 0.366. The van der Waals surface area contributed by atoms with Crippen LogP contribution in [0.5, 0.6) is 5.75 Å². The van der Waals surface area contributed by atoms with E-state index in [9.17, 15) is 13.2 Å². The highest BCUT2D eigenvalue weighted by Gasteiger charge is 2.24. The molecule has 0 saturated heterocycles. The minimum atomic E-state index is -0.678. The zero-order valence-electron chi connectivity index (χ0n) is 24.0. The Morgan fingerprint density at radius 1 is 0.769 bits per heavy atom. The summed E-state index contributed by atoms with van der Waals surface area (Å²) in [7, 11) is 0. The third kappa shape index (κ3) is 8.14. The Morgan fingerprint density at radius 2 is 1.59 bits per heavy atom. The Morgan fingerprint density at radius 3 is 2.28 bits per heavy atom. The molecule has 2 aliphatic carbocycles. The van der Waals surface area contributed by atoms with Gasteiger partial charge in [0.05, 0.1) is 6.61 Å². The van der Waals surface area contributed by atoms with Crippen LogP contribution in [0.3, 0.4) is 0 Å². The Bertz CT molecular complexity index is 1070. The molecule has 4 rings (SSSR count). The Kier molecular flexibility index (Phi) is 11.4. The topological polar surface area (TPSA) is 9.23 Å². The standard InChI is InChI=1S/C35H47F3O/c1-3-5-6-10-29-19-21-31(35(38)34(29)37)28-17-13-26(14-18-28)9-7-23-39-33-22-20-30(24-32(33)36)27-15-11-25(8-4-2)12-16-27/h13,17,19-22,24-28H,3-12,14-16,18,23H2,1-2H3. The summed E-state index contributed by atoms with van der Waals surface area (Å²) in [5.41, 5.74) is 2.07. The fourth-order valence-electron chi connectivity index (χ4n) is 6.63. The molecule has 4 heteroatoms. The average Bonchev–Trinajstić information content (AvgIpc) is 2.95. The second-order valence-electron chi connectivity index (χ2n) is 11.9. The van der Waals surface area contributed by atoms with Gasteiger partial charge in [0.15, 0.2) is 23.2 Å². The number of aryl methyl sites for hydroxylation is 1. The van der Waals surface area contributed by atoms with Crippen LogP contribution in [-0.2, 0) is 6.42 Å². The van der Waals surface area contributed by atoms with E-state index in [1.54, 1.807) is 24.3 Å². The van der Waals surface area contributed by atoms with E-state index in [0.717, 1.165) is 69.3 Å². The van der Waals surface area contributed by atoms with Crippen LogP contribution in [0, 0.1) is 29.3 Å². The van der Waals surface area contributed by atoms with Gasteiger partial charge in [-0.3, -0.25) is 0 Å². The summed E-state index contributed by atoms with van der Waals surface area (Å²) in [5, 5.41) is 0. The highest BCUT2D eigenvalue weighted by molar-refractivity contribution is 5.33. The number of hydrogen-bond donors (Lipinski definition) is 0. The molecular formula is C35H47F3O. The molecule has 1 nitrogen and oxygen atoms in total. The van der Waals surface area contributed by atoms with Gasteiger partial charge in [0.2, 0.25) is 0 Å². The summed E-state index contributed by atoms with van der Waals surface area (Å²) >= 11 is 0. The quantitative estimate of drug-likeness (QED) is 0.181. The minimum Gasteiger partial charge on any atom is -0.491 e. The normalized spacial score (nSPS) is 23.2. The number of benzene rings is 2. The Labute approximate surface area is 234 Å². The lowest BCUT2D eigenvalue weighted by molar-refractivity contribution is 0.280. The smallest absolute Gasteiger partial charge is 0.165 e. The molecule has 1 fully saturated rings. The number of ether oxygens (including phenoxy) is 1. The molecule has 0 radical (unpaired) electrons. The largest absolute Gasteiger partial charge is 0.491 e. The van der Waals surface area contributed by atoms with Crippen LogP contribution < -0.4 is 4.74 Å². The maximum atomic E-state index is 14.8. The summed E-state index contributed by atoms with van der Waals surface area (Å²) in [6.45, 7) is 4.83. The second kappa shape index (κ2) is 15.0. The third-order valence-corrected chi connectivity index (χ3v) is 9.05. The van der Waals surface area contributed by atoms with Crippen molar-refractivity contribution in [3.8, 4) is 5.75 Å². The van der Waals surface area contributed by atoms with Gasteiger partial charge >= 0.3 is 0 Å². The number of rotatable bonds is 13. The molecule has 2 unspecified atom stereocenters. The monoisotopic (exact) mass is 540 g/mol. The van der Waals surface area contributed by atoms with Crippen molar-refractivity contribution in [3.05, 3.63) is 76.6 Å². The molecule has 0 bridgehead atoms. The van der Waals surface area contributed by atoms with Crippen LogP contribution in [0.15, 0.2) is 42.5 Å². The predicted octanol–water partition coefficient (Wildman–Crippen LogP) is 10.8. The molecule has 0 spiro atoms. The van der Waals surface area contributed by atoms with Crippen LogP contribution in [0.2, 0.25) is 0 Å². The van der Waals surface area contributed by atoms with E-state index < -0.39 is 11.6 Å². The van der Waals surface area contributed by atoms with Crippen molar-refractivity contribution in [3.63, 3.8) is 0 Å². The molecule has 0 aromatic heterocycles. The summed E-state index contributed by atoms with van der Waals surface area (Å²) in [6, 6.07) is 9.08. The minimum absolute atomic E-state index is 0.0778. The fourth-order valence-corrected chi connectivity index (χ4v) is 6.63. The summed E-state index contributed by atoms with van der Waals surface area (Å²) in [4.78, 5) is 0. The first-order valence-corrected chi connectivity index (χ1v) is 15.6. The number of unbranched alkanes of at least 4 members (excludes halogenated alkanes) is 2. The first-order chi connectivity index (χ1) is 19.0. The van der Waals surface area contributed by atoms with Crippen LogP contribution in [0.1, 0.15) is 126 Å². The Hall–Kier alpha value is -2.23. The lowest BCUT2D eigenvalue weighted by Gasteiger charge is -2.28. The van der Waals surface area contributed by atoms with E-state index in [4.69, 9.17) is 4.74 Å². The van der Waals surface area contributed by atoms with Crippen LogP contribution in [-0.4, -0.2) is 6.61 Å². The van der Waals surface area contributed by atoms with Gasteiger partial charge in [0, 0.05) is 5.92 Å². The van der Waals surface area contributed by atoms with Gasteiger partial charge in [-0.25, -0.2) is 13.2 Å². The molecule has 0 aliphatic heterocycles. The zero-order valence-corrected chi connectivity index (χ0v) is 24.0. The van der Waals surface area contributed by atoms with Gasteiger partial charge < -0.3 is 4.74 Å². The molecule has 2 aliphatic rings. The summed E-state index contributed by atoms with van der Waals surface area (Å²) < 4.78 is 50.0. The Balaban J connectivity index is 1.20. The SMILES string of the molecule is CCCCCc1ccc(C2C=CC(CCCOc3ccc(C4CCC(CCC)CC4)cc3F)CC2)c(F)c1F. The zero-order chi connectivity index (χ0) is 27.6. The number of hydrogen-bond acceptors (Lipinski definition) is 1. The first-order valence-electron chi connectivity index (χ1n) is 15.6. The maximum absolute atomic E-state index is 14.8. The lowest BCUT2D eigenvalue weighted by Crippen LogP contribution is -2.13. The fraction of sp³-hybridized carbons (Fsp3) is 0.600. The van der Waals surface area contributed by atoms with E-state index in [-0.39, 0.29) is 11.7 Å². The van der Waals surface area contributed by atoms with E-state index in [1.165, 1.54) is 25.7 Å². The van der Waals surface area contributed by atoms with Gasteiger partial charge in [-0.2, -0.15) is 0 Å². The van der Waals surface area contributed by atoms with E-state index in [1.807, 2.05) is 12.1 Å². The second-order valence-corrected chi connectivity index (χ2v) is 11.9. The first kappa shape index (κ1) is 29.7. The molecule has 2 atom stereocenters. The molecule has 1 saturated carbocycles. The van der Waals surface area contributed by atoms with Crippen molar-refractivity contribution in [1.82, 2.24) is 0 Å². The van der Waals surface area contributed by atoms with Crippen molar-refractivity contribution >= 4 is 0 Å². The van der Waals surface area contributed by atoms with Crippen molar-refractivity contribution in [2.45, 2.75) is 116 Å². The molecule has 214 valence electrons. The predicted molar refractivity (Wildman–Crippen MR) is 155 cm³/mol. The van der Waals surface area contributed by atoms with Crippen molar-refractivity contribution in [1.29, 1.82) is 0 Å². The van der Waals surface area contributed by atoms with Crippen molar-refractivity contribution < 1.29 is 17.9 Å². The average molecular weight is 541 g/mol. The molecule has 2 aromatic carbocycles. The molecule has 0 amide bonds. The van der Waals surface area contributed by atoms with Gasteiger partial charge in [0.25, 0.3) is 0 Å². The maximum Gasteiger partial charge on any atom is 0.165 e. The third-order valence-electron chi connectivity index (χ3n) is 9.05. The molecule has 0 heterocycles. The van der Waals surface area contributed by atoms with Gasteiger partial charge in [0.1, 0.15) is 0 Å². The van der Waals surface area contributed by atoms with Gasteiger partial charge in [-0.1, -0.05) is 69.9 Å². The van der Waals surface area contributed by atoms with Crippen LogP contribution in [0.4, 0.5) is 13.2 Å². The highest BCUT2D eigenvalue weighted by Crippen LogP contribution is 2.39. The van der Waals surface area contributed by atoms with E-state index in [0.29, 0.717) is 41.7 Å². The van der Waals surface area contributed by atoms with Gasteiger partial charge in [-0.05, 0) is 111 Å². The van der Waals surface area contributed by atoms with E-state index in [2.05, 4.69) is 19.9 Å². The molecule has 2 aromatic rings. The molecule has 39 heavy (non-hydrogen) atoms. The number of halogens is 3. The van der Waals surface area contributed by atoms with Crippen molar-refractivity contribution in [2.75, 3.05) is 6.61 Å². The summed E-state index contributed by atoms with van der Waals surface area (Å²) in [6.07, 6.45) is 18.7. The number of allylic oxidation sites excluding steroid dienone is 2. The van der Waals surface area contributed by atoms with Gasteiger partial charge in [-0.15, -0.1) is 0 Å². The molecular weight excluding hydrogens is 493 g/mol. The van der Waals surface area contributed by atoms with E-state index >= 15 is 0 Å². The van der Waals surface area contributed by atoms with Crippen molar-refractivity contribution in [2.24, 2.45) is 11.8 Å².